The van der Waals surface area contributed by atoms with Crippen LogP contribution >= 0.6 is 0 Å². The Hall–Kier alpha value is -4.21. The summed E-state index contributed by atoms with van der Waals surface area (Å²) in [5.74, 6) is -3.66. The molecule has 7 rings (SSSR count). The summed E-state index contributed by atoms with van der Waals surface area (Å²) < 4.78 is 73.7. The molecule has 3 N–H and O–H groups in total. The SMILES string of the molecule is Cc1nc2ccccc2c2c1OC1(CC2)CC2C(=O)NC3(C(=O)NS(=O)(=O)C4(C)CC4)CC3C=CCCCCCC(NC(=O)CC(F)(F)F)C(=O)N2C1. The van der Waals surface area contributed by atoms with Crippen LogP contribution < -0.4 is 20.1 Å². The number of carbonyl (C=O) groups is 4. The highest BCUT2D eigenvalue weighted by Gasteiger charge is 2.64. The number of hydrogen-bond acceptors (Lipinski definition) is 8. The van der Waals surface area contributed by atoms with Gasteiger partial charge < -0.3 is 20.3 Å². The molecule has 1 aromatic heterocycles. The highest BCUT2D eigenvalue weighted by atomic mass is 32.2. The third-order valence-electron chi connectivity index (χ3n) is 11.6. The first-order valence-corrected chi connectivity index (χ1v) is 19.7. The number of allylic oxidation sites excluding steroid dienone is 1. The average Bonchev–Trinajstić information content (AvgIpc) is 3.97. The molecule has 1 saturated heterocycles. The van der Waals surface area contributed by atoms with E-state index in [1.54, 1.807) is 13.0 Å². The number of rotatable bonds is 5. The number of aromatic nitrogens is 1. The van der Waals surface area contributed by atoms with Gasteiger partial charge in [0.15, 0.2) is 0 Å². The fourth-order valence-corrected chi connectivity index (χ4v) is 9.38. The molecule has 2 saturated carbocycles. The summed E-state index contributed by atoms with van der Waals surface area (Å²) in [7, 11) is -4.04. The van der Waals surface area contributed by atoms with Crippen LogP contribution in [0.3, 0.4) is 0 Å². The van der Waals surface area contributed by atoms with E-state index in [1.165, 1.54) is 4.90 Å². The van der Waals surface area contributed by atoms with Gasteiger partial charge in [0.25, 0.3) is 5.91 Å². The number of halogens is 3. The number of nitrogens with one attached hydrogen (secondary N) is 3. The van der Waals surface area contributed by atoms with E-state index in [1.807, 2.05) is 37.3 Å². The third kappa shape index (κ3) is 7.22. The molecule has 3 aliphatic heterocycles. The Morgan fingerprint density at radius 3 is 2.58 bits per heavy atom. The van der Waals surface area contributed by atoms with Crippen molar-refractivity contribution in [1.82, 2.24) is 25.2 Å². The maximum atomic E-state index is 14.5. The zero-order chi connectivity index (χ0) is 38.0. The van der Waals surface area contributed by atoms with Gasteiger partial charge in [-0.3, -0.25) is 23.9 Å². The molecule has 3 fully saturated rings. The molecule has 5 atom stereocenters. The molecular weight excluding hydrogens is 715 g/mol. The first-order valence-electron chi connectivity index (χ1n) is 18.2. The number of hydrogen-bond donors (Lipinski definition) is 3. The zero-order valence-electron chi connectivity index (χ0n) is 29.7. The predicted octanol–water partition coefficient (Wildman–Crippen LogP) is 4.04. The Bertz CT molecular complexity index is 2000. The molecule has 0 radical (unpaired) electrons. The van der Waals surface area contributed by atoms with Crippen LogP contribution in [0.2, 0.25) is 0 Å². The lowest BCUT2D eigenvalue weighted by molar-refractivity contribution is -0.156. The van der Waals surface area contributed by atoms with Crippen LogP contribution in [-0.2, 0) is 35.6 Å². The Kier molecular flexibility index (Phi) is 9.29. The minimum absolute atomic E-state index is 0.0198. The molecule has 16 heteroatoms. The van der Waals surface area contributed by atoms with Gasteiger partial charge in [0, 0.05) is 23.3 Å². The molecule has 5 unspecified atom stereocenters. The van der Waals surface area contributed by atoms with E-state index in [0.29, 0.717) is 62.8 Å². The summed E-state index contributed by atoms with van der Waals surface area (Å²) in [5.41, 5.74) is -0.359. The summed E-state index contributed by atoms with van der Waals surface area (Å²) in [6.07, 6.45) is 1.22. The third-order valence-corrected chi connectivity index (χ3v) is 13.7. The van der Waals surface area contributed by atoms with E-state index < -0.39 is 80.1 Å². The molecule has 2 aromatic rings. The molecule has 2 aliphatic carbocycles. The summed E-state index contributed by atoms with van der Waals surface area (Å²) in [4.78, 5) is 61.3. The highest BCUT2D eigenvalue weighted by Crippen LogP contribution is 2.49. The summed E-state index contributed by atoms with van der Waals surface area (Å²) in [6.45, 7) is 3.24. The molecule has 0 bridgehead atoms. The van der Waals surface area contributed by atoms with Gasteiger partial charge in [-0.25, -0.2) is 13.4 Å². The number of para-hydroxylation sites is 1. The highest BCUT2D eigenvalue weighted by molar-refractivity contribution is 7.91. The maximum Gasteiger partial charge on any atom is 0.397 e. The van der Waals surface area contributed by atoms with Gasteiger partial charge in [0.05, 0.1) is 22.5 Å². The molecule has 1 aromatic carbocycles. The first-order chi connectivity index (χ1) is 24.9. The molecule has 4 heterocycles. The van der Waals surface area contributed by atoms with Crippen molar-refractivity contribution < 1.29 is 45.5 Å². The van der Waals surface area contributed by atoms with E-state index >= 15 is 0 Å². The van der Waals surface area contributed by atoms with Crippen LogP contribution in [0.4, 0.5) is 13.2 Å². The molecule has 4 amide bonds. The lowest BCUT2D eigenvalue weighted by atomic mass is 9.87. The number of carbonyl (C=O) groups excluding carboxylic acids is 4. The van der Waals surface area contributed by atoms with Gasteiger partial charge in [-0.2, -0.15) is 13.2 Å². The number of amides is 4. The summed E-state index contributed by atoms with van der Waals surface area (Å²) >= 11 is 0. The normalized spacial score (nSPS) is 29.8. The van der Waals surface area contributed by atoms with Gasteiger partial charge in [0.1, 0.15) is 35.4 Å². The quantitative estimate of drug-likeness (QED) is 0.385. The zero-order valence-corrected chi connectivity index (χ0v) is 30.5. The van der Waals surface area contributed by atoms with Crippen molar-refractivity contribution in [3.05, 3.63) is 47.7 Å². The van der Waals surface area contributed by atoms with Crippen molar-refractivity contribution in [1.29, 1.82) is 0 Å². The minimum atomic E-state index is -4.79. The smallest absolute Gasteiger partial charge is 0.397 e. The molecule has 5 aliphatic rings. The lowest BCUT2D eigenvalue weighted by Crippen LogP contribution is -2.58. The fraction of sp³-hybridized carbons (Fsp3) is 0.595. The largest absolute Gasteiger partial charge is 0.483 e. The first kappa shape index (κ1) is 37.1. The van der Waals surface area contributed by atoms with Crippen LogP contribution in [0, 0.1) is 12.8 Å². The van der Waals surface area contributed by atoms with E-state index in [-0.39, 0.29) is 25.8 Å². The topological polar surface area (TPSA) is 164 Å². The van der Waals surface area contributed by atoms with Crippen molar-refractivity contribution >= 4 is 44.6 Å². The molecule has 53 heavy (non-hydrogen) atoms. The van der Waals surface area contributed by atoms with Crippen molar-refractivity contribution in [2.75, 3.05) is 6.54 Å². The maximum absolute atomic E-state index is 14.5. The van der Waals surface area contributed by atoms with Crippen LogP contribution in [0.5, 0.6) is 5.75 Å². The number of pyridine rings is 1. The van der Waals surface area contributed by atoms with Crippen LogP contribution in [0.25, 0.3) is 10.9 Å². The van der Waals surface area contributed by atoms with Crippen molar-refractivity contribution in [3.63, 3.8) is 0 Å². The van der Waals surface area contributed by atoms with Crippen molar-refractivity contribution in [2.24, 2.45) is 5.92 Å². The number of aryl methyl sites for hydroxylation is 2. The standard InChI is InChI=1S/C37H44F3N5O7S/c1-22-30-25(24-11-8-9-12-26(24)41-22)14-15-35(52-30)19-28-31(47)43-36(33(49)44-53(50,51)34(2)16-17-34)18-23(36)10-6-4-3-5-7-13-27(32(48)45(28)21-35)42-29(46)20-37(38,39)40/h6,8-12,23,27-28H,3-5,7,13-21H2,1-2H3,(H,42,46)(H,43,47)(H,44,49). The number of ether oxygens (including phenoxy) is 1. The number of benzene rings is 1. The summed E-state index contributed by atoms with van der Waals surface area (Å²) in [6, 6.07) is 5.03. The Morgan fingerprint density at radius 2 is 1.85 bits per heavy atom. The van der Waals surface area contributed by atoms with Crippen molar-refractivity contribution in [2.45, 2.75) is 125 Å². The second kappa shape index (κ2) is 13.3. The Labute approximate surface area is 305 Å². The van der Waals surface area contributed by atoms with E-state index in [2.05, 4.69) is 15.4 Å². The minimum Gasteiger partial charge on any atom is -0.483 e. The van der Waals surface area contributed by atoms with Gasteiger partial charge in [0.2, 0.25) is 27.7 Å². The Morgan fingerprint density at radius 1 is 1.09 bits per heavy atom. The summed E-state index contributed by atoms with van der Waals surface area (Å²) in [5, 5.41) is 6.02. The number of sulfonamides is 1. The number of nitrogens with zero attached hydrogens (tertiary/aromatic N) is 2. The number of alkyl halides is 3. The van der Waals surface area contributed by atoms with Crippen LogP contribution in [-0.4, -0.2) is 82.6 Å². The molecule has 286 valence electrons. The van der Waals surface area contributed by atoms with Gasteiger partial charge in [-0.15, -0.1) is 0 Å². The van der Waals surface area contributed by atoms with E-state index in [4.69, 9.17) is 9.72 Å². The van der Waals surface area contributed by atoms with Gasteiger partial charge in [-0.1, -0.05) is 43.2 Å². The predicted molar refractivity (Wildman–Crippen MR) is 187 cm³/mol. The Balaban J connectivity index is 1.23. The van der Waals surface area contributed by atoms with Gasteiger partial charge in [-0.05, 0) is 71.3 Å². The fourth-order valence-electron chi connectivity index (χ4n) is 8.07. The molecule has 12 nitrogen and oxygen atoms in total. The molecule has 1 spiro atoms. The van der Waals surface area contributed by atoms with Crippen LogP contribution in [0.1, 0.15) is 88.8 Å². The second-order valence-corrected chi connectivity index (χ2v) is 17.8. The average molecular weight is 760 g/mol. The second-order valence-electron chi connectivity index (χ2n) is 15.6. The van der Waals surface area contributed by atoms with E-state index in [9.17, 15) is 40.8 Å². The van der Waals surface area contributed by atoms with E-state index in [0.717, 1.165) is 16.5 Å². The number of fused-ring (bicyclic) bond motifs is 5. The van der Waals surface area contributed by atoms with Crippen LogP contribution in [0.15, 0.2) is 36.4 Å². The molecular formula is C37H44F3N5O7S. The monoisotopic (exact) mass is 759 g/mol. The lowest BCUT2D eigenvalue weighted by Gasteiger charge is -2.36. The van der Waals surface area contributed by atoms with Gasteiger partial charge >= 0.3 is 6.18 Å². The van der Waals surface area contributed by atoms with Crippen molar-refractivity contribution in [3.8, 4) is 5.75 Å².